The fourth-order valence-corrected chi connectivity index (χ4v) is 2.93. The van der Waals surface area contributed by atoms with Crippen molar-refractivity contribution in [1.29, 1.82) is 0 Å². The van der Waals surface area contributed by atoms with Crippen LogP contribution in [0.3, 0.4) is 0 Å². The predicted octanol–water partition coefficient (Wildman–Crippen LogP) is 3.00. The molecule has 1 N–H and O–H groups in total. The van der Waals surface area contributed by atoms with Crippen molar-refractivity contribution in [2.75, 3.05) is 18.0 Å². The molecule has 0 atom stereocenters. The molecule has 3 aromatic heterocycles. The van der Waals surface area contributed by atoms with Crippen LogP contribution in [0.4, 0.5) is 10.2 Å². The number of aromatic nitrogens is 4. The molecule has 148 valence electrons. The van der Waals surface area contributed by atoms with E-state index in [-0.39, 0.29) is 17.8 Å². The zero-order valence-electron chi connectivity index (χ0n) is 16.4. The smallest absolute Gasteiger partial charge is 0.256 e. The summed E-state index contributed by atoms with van der Waals surface area (Å²) in [7, 11) is 0. The number of rotatable bonds is 3. The van der Waals surface area contributed by atoms with Gasteiger partial charge in [0.2, 0.25) is 0 Å². The molecule has 8 heteroatoms. The number of pyridine rings is 1. The molecule has 0 radical (unpaired) electrons. The van der Waals surface area contributed by atoms with Gasteiger partial charge in [0.1, 0.15) is 17.2 Å². The Morgan fingerprint density at radius 1 is 1.18 bits per heavy atom. The van der Waals surface area contributed by atoms with Crippen LogP contribution in [0, 0.1) is 12.7 Å². The van der Waals surface area contributed by atoms with Crippen LogP contribution in [-0.4, -0.2) is 44.6 Å². The van der Waals surface area contributed by atoms with Gasteiger partial charge in [0.05, 0.1) is 12.4 Å². The van der Waals surface area contributed by atoms with E-state index in [1.807, 2.05) is 33.0 Å². The summed E-state index contributed by atoms with van der Waals surface area (Å²) in [5, 5.41) is 7.07. The number of amides is 1. The zero-order valence-corrected chi connectivity index (χ0v) is 16.4. The number of anilines is 1. The van der Waals surface area contributed by atoms with Crippen LogP contribution in [0.1, 0.15) is 42.7 Å². The topological polar surface area (TPSA) is 75.4 Å². The Hall–Kier alpha value is -3.03. The maximum absolute atomic E-state index is 12.1. The Bertz CT molecular complexity index is 911. The molecule has 7 nitrogen and oxygen atoms in total. The maximum atomic E-state index is 12.1. The molecule has 28 heavy (non-hydrogen) atoms. The fourth-order valence-electron chi connectivity index (χ4n) is 2.93. The third-order valence-electron chi connectivity index (χ3n) is 4.32. The van der Waals surface area contributed by atoms with Crippen molar-refractivity contribution in [3.8, 4) is 0 Å². The van der Waals surface area contributed by atoms with Crippen LogP contribution in [-0.2, 0) is 0 Å². The number of hydrogen-bond donors (Lipinski definition) is 1. The van der Waals surface area contributed by atoms with E-state index in [2.05, 4.69) is 25.3 Å². The Labute approximate surface area is 163 Å². The molecular weight excluding hydrogens is 359 g/mol. The van der Waals surface area contributed by atoms with Gasteiger partial charge in [-0.1, -0.05) is 0 Å². The minimum absolute atomic E-state index is 0.0965. The van der Waals surface area contributed by atoms with Crippen molar-refractivity contribution in [1.82, 2.24) is 24.9 Å². The molecule has 1 aliphatic heterocycles. The Balaban J connectivity index is 0.000000236. The molecule has 4 rings (SSSR count). The van der Waals surface area contributed by atoms with Gasteiger partial charge in [0.25, 0.3) is 5.91 Å². The Kier molecular flexibility index (Phi) is 6.18. The summed E-state index contributed by atoms with van der Waals surface area (Å²) in [5.41, 5.74) is 1.98. The molecule has 1 amide bonds. The molecular formula is C20H25FN6O. The summed E-state index contributed by atoms with van der Waals surface area (Å²) in [5.74, 6) is 0.519. The molecule has 1 saturated heterocycles. The molecule has 0 saturated carbocycles. The first-order chi connectivity index (χ1) is 13.4. The van der Waals surface area contributed by atoms with Crippen molar-refractivity contribution in [2.24, 2.45) is 0 Å². The van der Waals surface area contributed by atoms with E-state index in [1.165, 1.54) is 25.1 Å². The first kappa shape index (κ1) is 19.7. The van der Waals surface area contributed by atoms with Gasteiger partial charge in [0.15, 0.2) is 5.65 Å². The van der Waals surface area contributed by atoms with E-state index >= 15 is 0 Å². The third kappa shape index (κ3) is 4.82. The highest BCUT2D eigenvalue weighted by atomic mass is 19.1. The number of hydrogen-bond acceptors (Lipinski definition) is 5. The first-order valence-corrected chi connectivity index (χ1v) is 9.42. The summed E-state index contributed by atoms with van der Waals surface area (Å²) in [6.07, 6.45) is 7.05. The summed E-state index contributed by atoms with van der Waals surface area (Å²) >= 11 is 0. The van der Waals surface area contributed by atoms with Crippen LogP contribution in [0.15, 0.2) is 36.8 Å². The van der Waals surface area contributed by atoms with E-state index in [0.717, 1.165) is 24.6 Å². The lowest BCUT2D eigenvalue weighted by Gasteiger charge is -2.16. The number of aryl methyl sites for hydroxylation is 1. The third-order valence-corrected chi connectivity index (χ3v) is 4.32. The van der Waals surface area contributed by atoms with Gasteiger partial charge >= 0.3 is 0 Å². The van der Waals surface area contributed by atoms with Crippen molar-refractivity contribution in [2.45, 2.75) is 39.7 Å². The van der Waals surface area contributed by atoms with Gasteiger partial charge in [-0.15, -0.1) is 0 Å². The molecule has 0 aliphatic carbocycles. The Morgan fingerprint density at radius 2 is 1.93 bits per heavy atom. The molecule has 1 aliphatic rings. The molecule has 4 heterocycles. The van der Waals surface area contributed by atoms with Crippen molar-refractivity contribution >= 4 is 17.4 Å². The van der Waals surface area contributed by atoms with Gasteiger partial charge in [-0.05, 0) is 51.8 Å². The molecule has 0 spiro atoms. The van der Waals surface area contributed by atoms with Gasteiger partial charge in [-0.3, -0.25) is 9.78 Å². The standard InChI is InChI=1S/C14H19N5O.C6H6FN/c1-10(2)16-14(20)11-9-15-19-8-5-12(17-13(11)19)18-6-3-4-7-18;1-5-2-3-6(7)4-8-5/h5,8-10H,3-4,6-7H2,1-2H3,(H,16,20);2-4H,1H3. The highest BCUT2D eigenvalue weighted by Gasteiger charge is 2.18. The monoisotopic (exact) mass is 384 g/mol. The minimum atomic E-state index is -0.282. The largest absolute Gasteiger partial charge is 0.357 e. The van der Waals surface area contributed by atoms with E-state index in [4.69, 9.17) is 0 Å². The summed E-state index contributed by atoms with van der Waals surface area (Å²) in [6.45, 7) is 7.76. The zero-order chi connectivity index (χ0) is 20.1. The van der Waals surface area contributed by atoms with Crippen molar-refractivity contribution in [3.63, 3.8) is 0 Å². The lowest BCUT2D eigenvalue weighted by Crippen LogP contribution is -2.30. The lowest BCUT2D eigenvalue weighted by atomic mass is 10.3. The van der Waals surface area contributed by atoms with Crippen LogP contribution in [0.5, 0.6) is 0 Å². The summed E-state index contributed by atoms with van der Waals surface area (Å²) in [4.78, 5) is 22.7. The number of carbonyl (C=O) groups is 1. The van der Waals surface area contributed by atoms with E-state index in [9.17, 15) is 9.18 Å². The van der Waals surface area contributed by atoms with Crippen LogP contribution in [0.25, 0.3) is 5.65 Å². The van der Waals surface area contributed by atoms with E-state index < -0.39 is 0 Å². The average Bonchev–Trinajstić information content (AvgIpc) is 3.33. The molecule has 0 aromatic carbocycles. The first-order valence-electron chi connectivity index (χ1n) is 9.42. The number of nitrogens with zero attached hydrogens (tertiary/aromatic N) is 5. The average molecular weight is 384 g/mol. The normalized spacial score (nSPS) is 13.5. The van der Waals surface area contributed by atoms with E-state index in [1.54, 1.807) is 16.8 Å². The molecule has 1 fully saturated rings. The fraction of sp³-hybridized carbons (Fsp3) is 0.400. The summed E-state index contributed by atoms with van der Waals surface area (Å²) < 4.78 is 13.7. The Morgan fingerprint density at radius 3 is 2.54 bits per heavy atom. The lowest BCUT2D eigenvalue weighted by molar-refractivity contribution is 0.0944. The van der Waals surface area contributed by atoms with Crippen molar-refractivity contribution in [3.05, 3.63) is 53.9 Å². The molecule has 0 unspecified atom stereocenters. The predicted molar refractivity (Wildman–Crippen MR) is 106 cm³/mol. The second-order valence-electron chi connectivity index (χ2n) is 7.05. The van der Waals surface area contributed by atoms with Crippen LogP contribution >= 0.6 is 0 Å². The van der Waals surface area contributed by atoms with Gasteiger partial charge in [0, 0.05) is 31.0 Å². The second-order valence-corrected chi connectivity index (χ2v) is 7.05. The molecule has 3 aromatic rings. The van der Waals surface area contributed by atoms with Gasteiger partial charge in [-0.2, -0.15) is 5.10 Å². The van der Waals surface area contributed by atoms with Gasteiger partial charge in [-0.25, -0.2) is 13.9 Å². The van der Waals surface area contributed by atoms with Crippen molar-refractivity contribution < 1.29 is 9.18 Å². The van der Waals surface area contributed by atoms with Crippen LogP contribution < -0.4 is 10.2 Å². The number of carbonyl (C=O) groups excluding carboxylic acids is 1. The quantitative estimate of drug-likeness (QED) is 0.751. The van der Waals surface area contributed by atoms with Crippen LogP contribution in [0.2, 0.25) is 0 Å². The van der Waals surface area contributed by atoms with E-state index in [0.29, 0.717) is 11.2 Å². The number of fused-ring (bicyclic) bond motifs is 1. The van der Waals surface area contributed by atoms with Gasteiger partial charge < -0.3 is 10.2 Å². The number of nitrogens with one attached hydrogen (secondary N) is 1. The number of halogens is 1. The highest BCUT2D eigenvalue weighted by Crippen LogP contribution is 2.19. The summed E-state index contributed by atoms with van der Waals surface area (Å²) in [6, 6.07) is 5.08. The maximum Gasteiger partial charge on any atom is 0.256 e. The highest BCUT2D eigenvalue weighted by molar-refractivity contribution is 5.99. The minimum Gasteiger partial charge on any atom is -0.357 e. The molecule has 0 bridgehead atoms. The SMILES string of the molecule is CC(C)NC(=O)c1cnn2ccc(N3CCCC3)nc12.Cc1ccc(F)cn1. The second kappa shape index (κ2) is 8.77.